The van der Waals surface area contributed by atoms with Gasteiger partial charge in [0.15, 0.2) is 5.82 Å². The number of carbonyl (C=O) groups excluding carboxylic acids is 1. The molecule has 128 valence electrons. The van der Waals surface area contributed by atoms with Gasteiger partial charge in [0.25, 0.3) is 0 Å². The summed E-state index contributed by atoms with van der Waals surface area (Å²) in [5.74, 6) is 2.35. The van der Waals surface area contributed by atoms with E-state index in [4.69, 9.17) is 4.52 Å². The first kappa shape index (κ1) is 16.5. The molecule has 1 saturated heterocycles. The summed E-state index contributed by atoms with van der Waals surface area (Å²) in [7, 11) is 0. The van der Waals surface area contributed by atoms with Crippen molar-refractivity contribution in [3.63, 3.8) is 0 Å². The Labute approximate surface area is 141 Å². The third kappa shape index (κ3) is 4.34. The van der Waals surface area contributed by atoms with Crippen LogP contribution in [0.15, 0.2) is 28.8 Å². The molecule has 0 atom stereocenters. The summed E-state index contributed by atoms with van der Waals surface area (Å²) >= 11 is 0. The maximum Gasteiger partial charge on any atom is 0.223 e. The van der Waals surface area contributed by atoms with Crippen molar-refractivity contribution in [2.75, 3.05) is 13.1 Å². The number of rotatable bonds is 5. The number of aromatic nitrogens is 2. The number of hydrogen-bond donors (Lipinski definition) is 1. The predicted molar refractivity (Wildman–Crippen MR) is 88.5 cm³/mol. The van der Waals surface area contributed by atoms with Crippen molar-refractivity contribution < 1.29 is 14.4 Å². The van der Waals surface area contributed by atoms with Gasteiger partial charge in [-0.3, -0.25) is 4.79 Å². The Hall–Kier alpha value is -2.37. The van der Waals surface area contributed by atoms with Crippen LogP contribution < -0.4 is 0 Å². The number of carbonyl (C=O) groups is 1. The summed E-state index contributed by atoms with van der Waals surface area (Å²) in [6.07, 6.45) is 4.02. The van der Waals surface area contributed by atoms with E-state index in [1.165, 1.54) is 0 Å². The third-order valence-corrected chi connectivity index (χ3v) is 4.57. The maximum atomic E-state index is 12.3. The molecule has 2 aromatic rings. The molecule has 0 spiro atoms. The highest BCUT2D eigenvalue weighted by atomic mass is 16.5. The lowest BCUT2D eigenvalue weighted by molar-refractivity contribution is -0.132. The highest BCUT2D eigenvalue weighted by molar-refractivity contribution is 5.76. The van der Waals surface area contributed by atoms with E-state index in [0.29, 0.717) is 24.7 Å². The number of phenols is 1. The number of aryl methyl sites for hydroxylation is 2. The first-order chi connectivity index (χ1) is 11.6. The molecule has 0 unspecified atom stereocenters. The van der Waals surface area contributed by atoms with Crippen molar-refractivity contribution in [2.24, 2.45) is 5.92 Å². The summed E-state index contributed by atoms with van der Waals surface area (Å²) in [4.78, 5) is 18.6. The van der Waals surface area contributed by atoms with Gasteiger partial charge in [0.2, 0.25) is 11.8 Å². The molecular weight excluding hydrogens is 306 g/mol. The van der Waals surface area contributed by atoms with E-state index in [0.717, 1.165) is 43.7 Å². The number of aromatic hydroxyl groups is 1. The van der Waals surface area contributed by atoms with E-state index in [2.05, 4.69) is 10.1 Å². The molecule has 0 aliphatic carbocycles. The number of piperidine rings is 1. The second-order valence-corrected chi connectivity index (χ2v) is 6.42. The van der Waals surface area contributed by atoms with Gasteiger partial charge in [-0.1, -0.05) is 17.3 Å². The molecule has 3 rings (SSSR count). The molecule has 6 heteroatoms. The van der Waals surface area contributed by atoms with Crippen molar-refractivity contribution in [1.29, 1.82) is 0 Å². The zero-order valence-electron chi connectivity index (χ0n) is 13.9. The minimum absolute atomic E-state index is 0.205. The molecule has 6 nitrogen and oxygen atoms in total. The van der Waals surface area contributed by atoms with Crippen LogP contribution in [0.5, 0.6) is 5.75 Å². The van der Waals surface area contributed by atoms with E-state index in [1.54, 1.807) is 19.1 Å². The van der Waals surface area contributed by atoms with Crippen LogP contribution in [0.25, 0.3) is 0 Å². The van der Waals surface area contributed by atoms with E-state index in [9.17, 15) is 9.90 Å². The molecular formula is C18H23N3O3. The second-order valence-electron chi connectivity index (χ2n) is 6.42. The zero-order chi connectivity index (χ0) is 16.9. The van der Waals surface area contributed by atoms with E-state index < -0.39 is 0 Å². The topological polar surface area (TPSA) is 79.5 Å². The van der Waals surface area contributed by atoms with Crippen molar-refractivity contribution in [1.82, 2.24) is 15.0 Å². The fourth-order valence-electron chi connectivity index (χ4n) is 3.14. The van der Waals surface area contributed by atoms with Crippen molar-refractivity contribution in [3.8, 4) is 5.75 Å². The first-order valence-electron chi connectivity index (χ1n) is 8.45. The molecule has 1 aromatic carbocycles. The van der Waals surface area contributed by atoms with Gasteiger partial charge in [-0.15, -0.1) is 0 Å². The minimum atomic E-state index is 0.205. The lowest BCUT2D eigenvalue weighted by Gasteiger charge is -2.31. The summed E-state index contributed by atoms with van der Waals surface area (Å²) in [6, 6.07) is 7.04. The molecule has 1 aromatic heterocycles. The third-order valence-electron chi connectivity index (χ3n) is 4.57. The van der Waals surface area contributed by atoms with Gasteiger partial charge in [-0.2, -0.15) is 4.98 Å². The second kappa shape index (κ2) is 7.47. The number of phenolic OH excluding ortho intramolecular Hbond substituents is 1. The van der Waals surface area contributed by atoms with Crippen LogP contribution in [0.4, 0.5) is 0 Å². The zero-order valence-corrected chi connectivity index (χ0v) is 13.9. The van der Waals surface area contributed by atoms with Crippen molar-refractivity contribution in [2.45, 2.75) is 39.0 Å². The largest absolute Gasteiger partial charge is 0.508 e. The Kier molecular flexibility index (Phi) is 5.13. The Morgan fingerprint density at radius 2 is 2.00 bits per heavy atom. The average molecular weight is 329 g/mol. The molecule has 1 aliphatic rings. The molecule has 24 heavy (non-hydrogen) atoms. The fraction of sp³-hybridized carbons (Fsp3) is 0.500. The van der Waals surface area contributed by atoms with Gasteiger partial charge < -0.3 is 14.5 Å². The predicted octanol–water partition coefficient (Wildman–Crippen LogP) is 2.50. The van der Waals surface area contributed by atoms with Crippen molar-refractivity contribution in [3.05, 3.63) is 41.5 Å². The minimum Gasteiger partial charge on any atom is -0.508 e. The monoisotopic (exact) mass is 329 g/mol. The van der Waals surface area contributed by atoms with E-state index in [1.807, 2.05) is 17.0 Å². The molecule has 1 fully saturated rings. The highest BCUT2D eigenvalue weighted by Gasteiger charge is 2.23. The molecule has 1 aliphatic heterocycles. The number of benzene rings is 1. The van der Waals surface area contributed by atoms with Gasteiger partial charge in [0, 0.05) is 32.9 Å². The van der Waals surface area contributed by atoms with E-state index in [-0.39, 0.29) is 11.7 Å². The first-order valence-corrected chi connectivity index (χ1v) is 8.45. The molecule has 0 bridgehead atoms. The number of nitrogens with zero attached hydrogens (tertiary/aromatic N) is 3. The summed E-state index contributed by atoms with van der Waals surface area (Å²) in [5, 5.41) is 13.2. The fourth-order valence-corrected chi connectivity index (χ4v) is 3.14. The lowest BCUT2D eigenvalue weighted by Crippen LogP contribution is -2.39. The summed E-state index contributed by atoms with van der Waals surface area (Å²) in [5.41, 5.74) is 1.07. The van der Waals surface area contributed by atoms with Crippen LogP contribution in [-0.2, 0) is 17.6 Å². The van der Waals surface area contributed by atoms with E-state index >= 15 is 0 Å². The highest BCUT2D eigenvalue weighted by Crippen LogP contribution is 2.21. The molecule has 0 radical (unpaired) electrons. The summed E-state index contributed by atoms with van der Waals surface area (Å²) < 4.78 is 5.01. The lowest BCUT2D eigenvalue weighted by atomic mass is 9.93. The smallest absolute Gasteiger partial charge is 0.223 e. The maximum absolute atomic E-state index is 12.3. The van der Waals surface area contributed by atoms with Crippen LogP contribution in [0, 0.1) is 12.8 Å². The van der Waals surface area contributed by atoms with Gasteiger partial charge in [0.05, 0.1) is 0 Å². The number of hydrogen-bond acceptors (Lipinski definition) is 5. The van der Waals surface area contributed by atoms with Gasteiger partial charge in [0.1, 0.15) is 5.75 Å². The standard InChI is InChI=1S/C18H23N3O3/c1-13-19-17(20-24-13)12-15-8-10-21(11-9-15)18(23)7-4-14-2-5-16(22)6-3-14/h2-3,5-6,15,22H,4,7-12H2,1H3. The van der Waals surface area contributed by atoms with Gasteiger partial charge in [-0.25, -0.2) is 0 Å². The summed E-state index contributed by atoms with van der Waals surface area (Å²) in [6.45, 7) is 3.40. The Morgan fingerprint density at radius 1 is 1.29 bits per heavy atom. The average Bonchev–Trinajstić information content (AvgIpc) is 2.99. The van der Waals surface area contributed by atoms with Crippen LogP contribution in [0.2, 0.25) is 0 Å². The normalized spacial score (nSPS) is 15.6. The molecule has 0 saturated carbocycles. The number of amides is 1. The van der Waals surface area contributed by atoms with Crippen LogP contribution in [-0.4, -0.2) is 39.1 Å². The molecule has 1 N–H and O–H groups in total. The SMILES string of the molecule is Cc1nc(CC2CCN(C(=O)CCc3ccc(O)cc3)CC2)no1. The van der Waals surface area contributed by atoms with Crippen LogP contribution in [0.1, 0.15) is 36.5 Å². The Morgan fingerprint density at radius 3 is 2.62 bits per heavy atom. The van der Waals surface area contributed by atoms with Crippen LogP contribution in [0.3, 0.4) is 0 Å². The number of likely N-dealkylation sites (tertiary alicyclic amines) is 1. The Balaban J connectivity index is 1.42. The molecule has 2 heterocycles. The van der Waals surface area contributed by atoms with Crippen LogP contribution >= 0.6 is 0 Å². The molecule has 1 amide bonds. The Bertz CT molecular complexity index is 673. The quantitative estimate of drug-likeness (QED) is 0.911. The van der Waals surface area contributed by atoms with Crippen molar-refractivity contribution >= 4 is 5.91 Å². The van der Waals surface area contributed by atoms with Gasteiger partial charge >= 0.3 is 0 Å². The van der Waals surface area contributed by atoms with Gasteiger partial charge in [-0.05, 0) is 42.9 Å².